The van der Waals surface area contributed by atoms with Gasteiger partial charge in [0.05, 0.1) is 6.20 Å². The smallest absolute Gasteiger partial charge is 0.254 e. The fraction of sp³-hybridized carbons (Fsp3) is 0.294. The molecule has 1 aliphatic heterocycles. The zero-order valence-corrected chi connectivity index (χ0v) is 15.1. The van der Waals surface area contributed by atoms with Crippen molar-refractivity contribution in [2.45, 2.75) is 19.3 Å². The molecule has 8 heteroatoms. The van der Waals surface area contributed by atoms with Crippen molar-refractivity contribution in [3.05, 3.63) is 52.1 Å². The number of anilines is 1. The van der Waals surface area contributed by atoms with E-state index in [0.717, 1.165) is 29.0 Å². The Hall–Kier alpha value is -2.35. The minimum Gasteiger partial charge on any atom is -0.329 e. The molecule has 2 aromatic rings. The first-order valence-electron chi connectivity index (χ1n) is 7.83. The summed E-state index contributed by atoms with van der Waals surface area (Å²) in [5, 5.41) is 2.38. The average Bonchev–Trinajstić information content (AvgIpc) is 2.59. The lowest BCUT2D eigenvalue weighted by Crippen LogP contribution is -2.44. The summed E-state index contributed by atoms with van der Waals surface area (Å²) in [6.07, 6.45) is 2.96. The van der Waals surface area contributed by atoms with Crippen LogP contribution < -0.4 is 5.32 Å². The molecule has 6 nitrogen and oxygen atoms in total. The van der Waals surface area contributed by atoms with Crippen LogP contribution in [0.5, 0.6) is 0 Å². The SMILES string of the molecule is CCC1CN(CC(=O)Nc2ncncc2F)C(=O)c2ccc(Br)cc21. The Bertz CT molecular complexity index is 830. The number of rotatable bonds is 4. The molecule has 0 spiro atoms. The van der Waals surface area contributed by atoms with Gasteiger partial charge in [-0.2, -0.15) is 0 Å². The van der Waals surface area contributed by atoms with Crippen molar-refractivity contribution in [3.63, 3.8) is 0 Å². The van der Waals surface area contributed by atoms with Gasteiger partial charge in [-0.05, 0) is 30.2 Å². The zero-order chi connectivity index (χ0) is 18.0. The van der Waals surface area contributed by atoms with E-state index in [2.05, 4.69) is 31.2 Å². The molecular weight excluding hydrogens is 391 g/mol. The van der Waals surface area contributed by atoms with E-state index >= 15 is 0 Å². The summed E-state index contributed by atoms with van der Waals surface area (Å²) in [4.78, 5) is 33.6. The van der Waals surface area contributed by atoms with E-state index in [1.54, 1.807) is 6.07 Å². The van der Waals surface area contributed by atoms with Crippen LogP contribution in [0.4, 0.5) is 10.2 Å². The molecule has 1 unspecified atom stereocenters. The van der Waals surface area contributed by atoms with Gasteiger partial charge in [0.1, 0.15) is 12.9 Å². The van der Waals surface area contributed by atoms with E-state index in [9.17, 15) is 14.0 Å². The minimum absolute atomic E-state index is 0.147. The standard InChI is InChI=1S/C17H16BrFN4O2/c1-2-10-7-23(17(25)12-4-3-11(18)5-13(10)12)8-15(24)22-16-14(19)6-20-9-21-16/h3-6,9-10H,2,7-8H2,1H3,(H,20,21,22,24). The van der Waals surface area contributed by atoms with Crippen LogP contribution in [0, 0.1) is 5.82 Å². The molecule has 1 aliphatic rings. The number of carbonyl (C=O) groups excluding carboxylic acids is 2. The first kappa shape index (κ1) is 17.5. The Labute approximate surface area is 152 Å². The van der Waals surface area contributed by atoms with E-state index in [-0.39, 0.29) is 24.2 Å². The maximum Gasteiger partial charge on any atom is 0.254 e. The molecule has 0 aliphatic carbocycles. The number of amides is 2. The average molecular weight is 407 g/mol. The lowest BCUT2D eigenvalue weighted by atomic mass is 9.87. The maximum absolute atomic E-state index is 13.5. The molecule has 25 heavy (non-hydrogen) atoms. The topological polar surface area (TPSA) is 75.2 Å². The molecule has 0 saturated carbocycles. The number of nitrogens with one attached hydrogen (secondary N) is 1. The van der Waals surface area contributed by atoms with Crippen LogP contribution in [0.1, 0.15) is 35.2 Å². The minimum atomic E-state index is -0.720. The summed E-state index contributed by atoms with van der Waals surface area (Å²) >= 11 is 3.43. The van der Waals surface area contributed by atoms with Gasteiger partial charge in [0.2, 0.25) is 5.91 Å². The maximum atomic E-state index is 13.5. The molecule has 3 rings (SSSR count). The number of fused-ring (bicyclic) bond motifs is 1. The van der Waals surface area contributed by atoms with Crippen LogP contribution in [-0.2, 0) is 4.79 Å². The van der Waals surface area contributed by atoms with E-state index in [1.165, 1.54) is 4.90 Å². The molecule has 1 aromatic carbocycles. The fourth-order valence-electron chi connectivity index (χ4n) is 2.92. The number of hydrogen-bond donors (Lipinski definition) is 1. The van der Waals surface area contributed by atoms with Crippen molar-refractivity contribution in [2.75, 3.05) is 18.4 Å². The monoisotopic (exact) mass is 406 g/mol. The number of halogens is 2. The second-order valence-electron chi connectivity index (χ2n) is 5.79. The summed E-state index contributed by atoms with van der Waals surface area (Å²) in [5.41, 5.74) is 1.59. The first-order chi connectivity index (χ1) is 12.0. The molecule has 0 saturated heterocycles. The molecule has 1 N–H and O–H groups in total. The van der Waals surface area contributed by atoms with Crippen LogP contribution in [0.2, 0.25) is 0 Å². The second-order valence-corrected chi connectivity index (χ2v) is 6.71. The van der Waals surface area contributed by atoms with Crippen molar-refractivity contribution in [2.24, 2.45) is 0 Å². The van der Waals surface area contributed by atoms with Crippen LogP contribution >= 0.6 is 15.9 Å². The van der Waals surface area contributed by atoms with E-state index in [0.29, 0.717) is 12.1 Å². The number of aromatic nitrogens is 2. The third kappa shape index (κ3) is 3.68. The highest BCUT2D eigenvalue weighted by atomic mass is 79.9. The van der Waals surface area contributed by atoms with Crippen LogP contribution in [0.15, 0.2) is 35.2 Å². The van der Waals surface area contributed by atoms with Crippen LogP contribution in [0.3, 0.4) is 0 Å². The lowest BCUT2D eigenvalue weighted by molar-refractivity contribution is -0.117. The lowest BCUT2D eigenvalue weighted by Gasteiger charge is -2.33. The summed E-state index contributed by atoms with van der Waals surface area (Å²) in [6, 6.07) is 5.52. The largest absolute Gasteiger partial charge is 0.329 e. The molecular formula is C17H16BrFN4O2. The zero-order valence-electron chi connectivity index (χ0n) is 13.5. The van der Waals surface area contributed by atoms with Gasteiger partial charge >= 0.3 is 0 Å². The molecule has 0 fully saturated rings. The third-order valence-electron chi connectivity index (χ3n) is 4.16. The molecule has 2 heterocycles. The van der Waals surface area contributed by atoms with E-state index < -0.39 is 11.7 Å². The van der Waals surface area contributed by atoms with Gasteiger partial charge in [0, 0.05) is 22.5 Å². The predicted octanol–water partition coefficient (Wildman–Crippen LogP) is 2.97. The molecule has 130 valence electrons. The van der Waals surface area contributed by atoms with Gasteiger partial charge in [-0.3, -0.25) is 9.59 Å². The first-order valence-corrected chi connectivity index (χ1v) is 8.63. The number of nitrogens with zero attached hydrogens (tertiary/aromatic N) is 3. The third-order valence-corrected chi connectivity index (χ3v) is 4.66. The van der Waals surface area contributed by atoms with E-state index in [4.69, 9.17) is 0 Å². The van der Waals surface area contributed by atoms with Gasteiger partial charge < -0.3 is 10.2 Å². The molecule has 0 bridgehead atoms. The van der Waals surface area contributed by atoms with Crippen molar-refractivity contribution >= 4 is 33.6 Å². The van der Waals surface area contributed by atoms with Gasteiger partial charge in [0.25, 0.3) is 5.91 Å². The van der Waals surface area contributed by atoms with Crippen LogP contribution in [-0.4, -0.2) is 39.8 Å². The number of hydrogen-bond acceptors (Lipinski definition) is 4. The molecule has 2 amide bonds. The fourth-order valence-corrected chi connectivity index (χ4v) is 3.30. The molecule has 0 radical (unpaired) electrons. The number of benzene rings is 1. The summed E-state index contributed by atoms with van der Waals surface area (Å²) in [6.45, 7) is 2.33. The van der Waals surface area contributed by atoms with Gasteiger partial charge in [-0.1, -0.05) is 22.9 Å². The van der Waals surface area contributed by atoms with Crippen molar-refractivity contribution in [1.29, 1.82) is 0 Å². The summed E-state index contributed by atoms with van der Waals surface area (Å²) in [5.74, 6) is -1.47. The van der Waals surface area contributed by atoms with Crippen molar-refractivity contribution < 1.29 is 14.0 Å². The van der Waals surface area contributed by atoms with Gasteiger partial charge in [-0.15, -0.1) is 0 Å². The Morgan fingerprint density at radius 2 is 2.28 bits per heavy atom. The number of carbonyl (C=O) groups is 2. The normalized spacial score (nSPS) is 16.5. The highest BCUT2D eigenvalue weighted by Crippen LogP contribution is 2.32. The van der Waals surface area contributed by atoms with E-state index in [1.807, 2.05) is 19.1 Å². The van der Waals surface area contributed by atoms with Crippen LogP contribution in [0.25, 0.3) is 0 Å². The Balaban J connectivity index is 1.77. The Kier molecular flexibility index (Phi) is 5.08. The highest BCUT2D eigenvalue weighted by Gasteiger charge is 2.31. The van der Waals surface area contributed by atoms with Gasteiger partial charge in [-0.25, -0.2) is 14.4 Å². The Morgan fingerprint density at radius 1 is 1.48 bits per heavy atom. The quantitative estimate of drug-likeness (QED) is 0.846. The van der Waals surface area contributed by atoms with Crippen molar-refractivity contribution in [1.82, 2.24) is 14.9 Å². The van der Waals surface area contributed by atoms with Crippen molar-refractivity contribution in [3.8, 4) is 0 Å². The molecule has 1 aromatic heterocycles. The molecule has 1 atom stereocenters. The Morgan fingerprint density at radius 3 is 3.00 bits per heavy atom. The second kappa shape index (κ2) is 7.26. The van der Waals surface area contributed by atoms with Gasteiger partial charge in [0.15, 0.2) is 11.6 Å². The predicted molar refractivity (Wildman–Crippen MR) is 93.7 cm³/mol. The summed E-state index contributed by atoms with van der Waals surface area (Å²) < 4.78 is 14.5. The summed E-state index contributed by atoms with van der Waals surface area (Å²) in [7, 11) is 0. The highest BCUT2D eigenvalue weighted by molar-refractivity contribution is 9.10.